The number of rotatable bonds is 3. The van der Waals surface area contributed by atoms with Crippen molar-refractivity contribution in [1.82, 2.24) is 10.3 Å². The van der Waals surface area contributed by atoms with Crippen LogP contribution in [0.2, 0.25) is 0 Å². The summed E-state index contributed by atoms with van der Waals surface area (Å²) in [6, 6.07) is 17.3. The highest BCUT2D eigenvalue weighted by atomic mass is 16.5. The Balaban J connectivity index is 1.52. The van der Waals surface area contributed by atoms with Gasteiger partial charge in [-0.05, 0) is 29.1 Å². The fourth-order valence-corrected chi connectivity index (χ4v) is 3.00. The average Bonchev–Trinajstić information content (AvgIpc) is 3.00. The number of nitrogens with one attached hydrogen (secondary N) is 2. The minimum atomic E-state index is 0.370. The molecule has 0 saturated carbocycles. The summed E-state index contributed by atoms with van der Waals surface area (Å²) in [6.45, 7) is 1.65. The molecule has 3 heteroatoms. The van der Waals surface area contributed by atoms with Crippen LogP contribution in [0.1, 0.15) is 23.6 Å². The van der Waals surface area contributed by atoms with Crippen molar-refractivity contribution in [3.8, 4) is 5.75 Å². The molecule has 0 saturated heterocycles. The van der Waals surface area contributed by atoms with Crippen molar-refractivity contribution in [2.75, 3.05) is 6.61 Å². The molecule has 0 amide bonds. The van der Waals surface area contributed by atoms with Crippen molar-refractivity contribution in [3.63, 3.8) is 0 Å². The third-order valence-corrected chi connectivity index (χ3v) is 4.13. The Morgan fingerprint density at radius 1 is 1.14 bits per heavy atom. The van der Waals surface area contributed by atoms with E-state index in [0.29, 0.717) is 6.04 Å². The Hall–Kier alpha value is -2.26. The van der Waals surface area contributed by atoms with Crippen LogP contribution in [-0.4, -0.2) is 11.6 Å². The molecule has 2 aromatic carbocycles. The van der Waals surface area contributed by atoms with E-state index in [2.05, 4.69) is 46.7 Å². The van der Waals surface area contributed by atoms with Crippen LogP contribution in [0.25, 0.3) is 10.9 Å². The Bertz CT molecular complexity index is 763. The number of ether oxygens (including phenoxy) is 1. The fourth-order valence-electron chi connectivity index (χ4n) is 3.00. The first-order valence-electron chi connectivity index (χ1n) is 7.41. The van der Waals surface area contributed by atoms with E-state index in [4.69, 9.17) is 4.74 Å². The van der Waals surface area contributed by atoms with Gasteiger partial charge >= 0.3 is 0 Å². The van der Waals surface area contributed by atoms with Gasteiger partial charge in [0.1, 0.15) is 5.75 Å². The van der Waals surface area contributed by atoms with Crippen LogP contribution in [0.4, 0.5) is 0 Å². The van der Waals surface area contributed by atoms with Crippen LogP contribution >= 0.6 is 0 Å². The summed E-state index contributed by atoms with van der Waals surface area (Å²) in [6.07, 6.45) is 3.00. The Kier molecular flexibility index (Phi) is 3.13. The monoisotopic (exact) mass is 278 g/mol. The van der Waals surface area contributed by atoms with Gasteiger partial charge < -0.3 is 15.0 Å². The summed E-state index contributed by atoms with van der Waals surface area (Å²) in [7, 11) is 0. The normalized spacial score (nSPS) is 17.4. The smallest absolute Gasteiger partial charge is 0.124 e. The number of hydrogen-bond acceptors (Lipinski definition) is 2. The van der Waals surface area contributed by atoms with Crippen LogP contribution in [0.15, 0.2) is 54.7 Å². The largest absolute Gasteiger partial charge is 0.493 e. The molecule has 3 nitrogen and oxygen atoms in total. The molecule has 106 valence electrons. The molecule has 0 bridgehead atoms. The van der Waals surface area contributed by atoms with Gasteiger partial charge in [0.05, 0.1) is 6.61 Å². The summed E-state index contributed by atoms with van der Waals surface area (Å²) >= 11 is 0. The third-order valence-electron chi connectivity index (χ3n) is 4.13. The Morgan fingerprint density at radius 3 is 3.10 bits per heavy atom. The first-order valence-corrected chi connectivity index (χ1v) is 7.41. The summed E-state index contributed by atoms with van der Waals surface area (Å²) < 4.78 is 5.71. The molecule has 0 aliphatic carbocycles. The van der Waals surface area contributed by atoms with Gasteiger partial charge in [0, 0.05) is 36.3 Å². The van der Waals surface area contributed by atoms with Gasteiger partial charge in [0.15, 0.2) is 0 Å². The maximum Gasteiger partial charge on any atom is 0.124 e. The van der Waals surface area contributed by atoms with E-state index in [0.717, 1.165) is 25.3 Å². The number of para-hydroxylation sites is 1. The van der Waals surface area contributed by atoms with E-state index in [-0.39, 0.29) is 0 Å². The SMILES string of the molecule is c1ccc2c(c1)OCCC2NCc1ccc2cc[nH]c2c1. The van der Waals surface area contributed by atoms with Gasteiger partial charge in [-0.25, -0.2) is 0 Å². The minimum Gasteiger partial charge on any atom is -0.493 e. The van der Waals surface area contributed by atoms with Crippen molar-refractivity contribution in [1.29, 1.82) is 0 Å². The van der Waals surface area contributed by atoms with Gasteiger partial charge in [-0.1, -0.05) is 30.3 Å². The zero-order valence-electron chi connectivity index (χ0n) is 11.8. The number of benzene rings is 2. The number of fused-ring (bicyclic) bond motifs is 2. The van der Waals surface area contributed by atoms with E-state index < -0.39 is 0 Å². The second-order valence-electron chi connectivity index (χ2n) is 5.51. The van der Waals surface area contributed by atoms with E-state index in [9.17, 15) is 0 Å². The molecule has 3 aromatic rings. The van der Waals surface area contributed by atoms with Crippen LogP contribution in [-0.2, 0) is 6.54 Å². The predicted molar refractivity (Wildman–Crippen MR) is 84.4 cm³/mol. The molecule has 2 N–H and O–H groups in total. The molecule has 1 aliphatic rings. The lowest BCUT2D eigenvalue weighted by Gasteiger charge is -2.26. The van der Waals surface area contributed by atoms with Crippen LogP contribution in [0.5, 0.6) is 5.75 Å². The molecule has 4 rings (SSSR count). The first-order chi connectivity index (χ1) is 10.4. The molecule has 0 spiro atoms. The Morgan fingerprint density at radius 2 is 2.10 bits per heavy atom. The zero-order chi connectivity index (χ0) is 14.1. The summed E-state index contributed by atoms with van der Waals surface area (Å²) in [4.78, 5) is 3.27. The van der Waals surface area contributed by atoms with Crippen molar-refractivity contribution < 1.29 is 4.74 Å². The highest BCUT2D eigenvalue weighted by Crippen LogP contribution is 2.31. The van der Waals surface area contributed by atoms with Gasteiger partial charge in [-0.15, -0.1) is 0 Å². The van der Waals surface area contributed by atoms with Crippen molar-refractivity contribution >= 4 is 10.9 Å². The highest BCUT2D eigenvalue weighted by molar-refractivity contribution is 5.79. The zero-order valence-corrected chi connectivity index (χ0v) is 11.8. The maximum absolute atomic E-state index is 5.71. The quantitative estimate of drug-likeness (QED) is 0.765. The molecule has 1 aromatic heterocycles. The number of H-pyrrole nitrogens is 1. The van der Waals surface area contributed by atoms with Gasteiger partial charge in [0.25, 0.3) is 0 Å². The molecule has 2 heterocycles. The van der Waals surface area contributed by atoms with Crippen molar-refractivity contribution in [3.05, 3.63) is 65.9 Å². The lowest BCUT2D eigenvalue weighted by Crippen LogP contribution is -2.26. The summed E-state index contributed by atoms with van der Waals surface area (Å²) in [5, 5.41) is 4.92. The second kappa shape index (κ2) is 5.26. The van der Waals surface area contributed by atoms with Crippen LogP contribution < -0.4 is 10.1 Å². The van der Waals surface area contributed by atoms with E-state index in [1.54, 1.807) is 0 Å². The summed E-state index contributed by atoms with van der Waals surface area (Å²) in [5.41, 5.74) is 3.76. The van der Waals surface area contributed by atoms with Gasteiger partial charge in [-0.2, -0.15) is 0 Å². The molecule has 1 atom stereocenters. The molecule has 0 radical (unpaired) electrons. The average molecular weight is 278 g/mol. The van der Waals surface area contributed by atoms with Crippen LogP contribution in [0, 0.1) is 0 Å². The molecular weight excluding hydrogens is 260 g/mol. The maximum atomic E-state index is 5.71. The molecule has 1 aliphatic heterocycles. The van der Waals surface area contributed by atoms with E-state index in [1.165, 1.54) is 22.0 Å². The van der Waals surface area contributed by atoms with E-state index >= 15 is 0 Å². The third kappa shape index (κ3) is 2.41. The fraction of sp³-hybridized carbons (Fsp3) is 0.222. The molecule has 1 unspecified atom stereocenters. The number of aromatic amines is 1. The van der Waals surface area contributed by atoms with Gasteiger partial charge in [0.2, 0.25) is 0 Å². The standard InChI is InChI=1S/C18H18N2O/c1-2-4-18-15(3-1)16(8-10-21-18)20-12-13-5-6-14-7-9-19-17(14)11-13/h1-7,9,11,16,19-20H,8,10,12H2. The first kappa shape index (κ1) is 12.5. The minimum absolute atomic E-state index is 0.370. The van der Waals surface area contributed by atoms with Gasteiger partial charge in [-0.3, -0.25) is 0 Å². The molecular formula is C18H18N2O. The lowest BCUT2D eigenvalue weighted by atomic mass is 10.0. The predicted octanol–water partition coefficient (Wildman–Crippen LogP) is 3.78. The van der Waals surface area contributed by atoms with Crippen molar-refractivity contribution in [2.24, 2.45) is 0 Å². The highest BCUT2D eigenvalue weighted by Gasteiger charge is 2.20. The number of hydrogen-bond donors (Lipinski definition) is 2. The Labute approximate surface area is 123 Å². The number of aromatic nitrogens is 1. The van der Waals surface area contributed by atoms with Crippen LogP contribution in [0.3, 0.4) is 0 Å². The molecule has 21 heavy (non-hydrogen) atoms. The van der Waals surface area contributed by atoms with Crippen molar-refractivity contribution in [2.45, 2.75) is 19.0 Å². The second-order valence-corrected chi connectivity index (χ2v) is 5.51. The lowest BCUT2D eigenvalue weighted by molar-refractivity contribution is 0.252. The molecule has 0 fully saturated rings. The summed E-state index contributed by atoms with van der Waals surface area (Å²) in [5.74, 6) is 1.01. The van der Waals surface area contributed by atoms with E-state index in [1.807, 2.05) is 18.3 Å². The topological polar surface area (TPSA) is 37.0 Å².